The molecule has 0 spiro atoms. The van der Waals surface area contributed by atoms with Crippen molar-refractivity contribution in [3.8, 4) is 55.9 Å². The van der Waals surface area contributed by atoms with Crippen molar-refractivity contribution < 1.29 is 0 Å². The van der Waals surface area contributed by atoms with Crippen LogP contribution in [0.3, 0.4) is 0 Å². The molecule has 0 atom stereocenters. The first-order valence-corrected chi connectivity index (χ1v) is 34.3. The normalized spacial score (nSPS) is 15.5. The summed E-state index contributed by atoms with van der Waals surface area (Å²) in [6, 6.07) is 80.6. The van der Waals surface area contributed by atoms with E-state index in [4.69, 9.17) is 4.98 Å². The fraction of sp³-hybridized carbons (Fsp3) is 0.322. The van der Waals surface area contributed by atoms with Crippen LogP contribution in [0.1, 0.15) is 193 Å². The smallest absolute Gasteiger partial charge is 0.252 e. The molecule has 9 aromatic carbocycles. The molecule has 0 radical (unpaired) electrons. The van der Waals surface area contributed by atoms with Crippen LogP contribution in [0.4, 0.5) is 34.1 Å². The number of aromatic nitrogens is 1. The summed E-state index contributed by atoms with van der Waals surface area (Å²) in [5, 5.41) is 0. The highest BCUT2D eigenvalue weighted by atomic mass is 15.2. The SMILES string of the molecule is CC(C)(C)c1cc(-c2cc(-c3cc(C(C)(C)C)cc(C(C)(C)C)c3)nc(-c3cc4c5c(c3)N(c3ccc(-c6ccccc6)cc3)c3cc(C6CCCCC6)ccc3B5c3ccc(C5CCCCC5)cc3N4c3ccc(-c4ccccc4)cc3)c2)cc(C(C)(C)C)c1. The molecular weight excluding hydrogens is 1100 g/mol. The molecule has 0 N–H and O–H groups in total. The van der Waals surface area contributed by atoms with Crippen molar-refractivity contribution >= 4 is 57.2 Å². The Morgan fingerprint density at radius 3 is 1.02 bits per heavy atom. The largest absolute Gasteiger partial charge is 0.311 e. The summed E-state index contributed by atoms with van der Waals surface area (Å²) in [5.74, 6) is 1.07. The van der Waals surface area contributed by atoms with Crippen molar-refractivity contribution in [2.45, 2.75) is 181 Å². The van der Waals surface area contributed by atoms with Gasteiger partial charge >= 0.3 is 0 Å². The van der Waals surface area contributed by atoms with Crippen molar-refractivity contribution in [3.63, 3.8) is 0 Å². The summed E-state index contributed by atoms with van der Waals surface area (Å²) >= 11 is 0. The molecule has 458 valence electrons. The molecule has 2 saturated carbocycles. The zero-order chi connectivity index (χ0) is 63.1. The second-order valence-electron chi connectivity index (χ2n) is 31.4. The molecule has 0 bridgehead atoms. The Kier molecular flexibility index (Phi) is 15.6. The molecule has 3 nitrogen and oxygen atoms in total. The summed E-state index contributed by atoms with van der Waals surface area (Å²) < 4.78 is 0. The maximum Gasteiger partial charge on any atom is 0.252 e. The Labute approximate surface area is 545 Å². The lowest BCUT2D eigenvalue weighted by Crippen LogP contribution is -2.61. The van der Waals surface area contributed by atoms with Crippen LogP contribution in [0, 0.1) is 0 Å². The molecular formula is C87H92BN3. The van der Waals surface area contributed by atoms with Crippen LogP contribution < -0.4 is 26.2 Å². The van der Waals surface area contributed by atoms with E-state index in [9.17, 15) is 0 Å². The van der Waals surface area contributed by atoms with Crippen molar-refractivity contribution in [2.75, 3.05) is 9.80 Å². The quantitative estimate of drug-likeness (QED) is 0.134. The molecule has 0 amide bonds. The van der Waals surface area contributed by atoms with Crippen molar-refractivity contribution in [2.24, 2.45) is 0 Å². The summed E-state index contributed by atoms with van der Waals surface area (Å²) in [6.45, 7) is 28.2. The van der Waals surface area contributed by atoms with E-state index in [0.29, 0.717) is 11.8 Å². The first-order valence-electron chi connectivity index (χ1n) is 34.3. The maximum atomic E-state index is 6.04. The minimum absolute atomic E-state index is 0.0219. The van der Waals surface area contributed by atoms with Gasteiger partial charge in [0, 0.05) is 45.3 Å². The van der Waals surface area contributed by atoms with Crippen LogP contribution in [-0.4, -0.2) is 11.7 Å². The molecule has 4 heteroatoms. The average molecular weight is 1190 g/mol. The van der Waals surface area contributed by atoms with Gasteiger partial charge < -0.3 is 9.80 Å². The Bertz CT molecular complexity index is 3990. The Morgan fingerprint density at radius 2 is 0.648 bits per heavy atom. The van der Waals surface area contributed by atoms with E-state index in [1.165, 1.54) is 170 Å². The highest BCUT2D eigenvalue weighted by molar-refractivity contribution is 7.00. The lowest BCUT2D eigenvalue weighted by Gasteiger charge is -2.45. The van der Waals surface area contributed by atoms with Crippen LogP contribution in [0.25, 0.3) is 55.9 Å². The molecule has 1 aromatic heterocycles. The number of hydrogen-bond donors (Lipinski definition) is 0. The second-order valence-corrected chi connectivity index (χ2v) is 31.4. The van der Waals surface area contributed by atoms with Crippen LogP contribution in [0.5, 0.6) is 0 Å². The van der Waals surface area contributed by atoms with Gasteiger partial charge in [0.05, 0.1) is 11.4 Å². The minimum Gasteiger partial charge on any atom is -0.311 e. The van der Waals surface area contributed by atoms with E-state index < -0.39 is 0 Å². The fourth-order valence-electron chi connectivity index (χ4n) is 15.3. The van der Waals surface area contributed by atoms with Gasteiger partial charge in [0.25, 0.3) is 6.71 Å². The maximum absolute atomic E-state index is 6.04. The third kappa shape index (κ3) is 11.8. The Morgan fingerprint density at radius 1 is 0.308 bits per heavy atom. The molecule has 2 aliphatic carbocycles. The van der Waals surface area contributed by atoms with Gasteiger partial charge in [-0.3, -0.25) is 0 Å². The molecule has 0 saturated heterocycles. The van der Waals surface area contributed by atoms with Crippen molar-refractivity contribution in [1.82, 2.24) is 4.98 Å². The highest BCUT2D eigenvalue weighted by Gasteiger charge is 2.45. The number of anilines is 6. The molecule has 0 unspecified atom stereocenters. The van der Waals surface area contributed by atoms with Gasteiger partial charge in [-0.25, -0.2) is 4.98 Å². The Hall–Kier alpha value is -8.21. The number of pyridine rings is 1. The number of nitrogens with zero attached hydrogens (tertiary/aromatic N) is 3. The van der Waals surface area contributed by atoms with Gasteiger partial charge in [0.1, 0.15) is 0 Å². The van der Waals surface area contributed by atoms with Crippen molar-refractivity contribution in [1.29, 1.82) is 0 Å². The van der Waals surface area contributed by atoms with Gasteiger partial charge in [0.2, 0.25) is 0 Å². The van der Waals surface area contributed by atoms with E-state index in [1.54, 1.807) is 0 Å². The van der Waals surface area contributed by atoms with Gasteiger partial charge in [-0.2, -0.15) is 0 Å². The van der Waals surface area contributed by atoms with Gasteiger partial charge in [0.15, 0.2) is 0 Å². The summed E-state index contributed by atoms with van der Waals surface area (Å²) in [7, 11) is 0. The molecule has 10 aromatic rings. The van der Waals surface area contributed by atoms with Gasteiger partial charge in [-0.05, 0) is 215 Å². The van der Waals surface area contributed by atoms with E-state index >= 15 is 0 Å². The predicted molar refractivity (Wildman–Crippen MR) is 392 cm³/mol. The van der Waals surface area contributed by atoms with Crippen LogP contribution in [-0.2, 0) is 21.7 Å². The Balaban J connectivity index is 1.09. The van der Waals surface area contributed by atoms with Crippen molar-refractivity contribution in [3.05, 3.63) is 240 Å². The molecule has 3 heterocycles. The number of fused-ring (bicyclic) bond motifs is 4. The zero-order valence-corrected chi connectivity index (χ0v) is 56.3. The number of benzene rings is 9. The monoisotopic (exact) mass is 1190 g/mol. The lowest BCUT2D eigenvalue weighted by atomic mass is 9.33. The molecule has 91 heavy (non-hydrogen) atoms. The second kappa shape index (κ2) is 23.5. The predicted octanol–water partition coefficient (Wildman–Crippen LogP) is 22.8. The standard InChI is InChI=1S/C87H92BN3/c1-84(2,3)69-45-65(46-70(55-69)85(4,5)6)66-49-77(67-47-71(86(7,8)9)56-72(48-67)87(10,11)12)89-78(50-66)68-53-81-83-82(54-68)91(74-41-35-62(36-42-74)58-27-19-14-20-28-58)80-52-64(60-31-23-16-24-32-60)38-44-76(80)88(83)75-43-37-63(59-29-21-15-22-30-59)51-79(75)90(81)73-39-33-61(34-40-73)57-25-17-13-18-26-57/h13-14,17-20,25-28,33-56,59-60H,15-16,21-24,29-32H2,1-12H3. The molecule has 14 rings (SSSR count). The lowest BCUT2D eigenvalue weighted by molar-refractivity contribution is 0.444. The van der Waals surface area contributed by atoms with Crippen LogP contribution in [0.2, 0.25) is 0 Å². The summed E-state index contributed by atoms with van der Waals surface area (Å²) in [4.78, 5) is 11.3. The van der Waals surface area contributed by atoms with E-state index in [0.717, 1.165) is 33.9 Å². The topological polar surface area (TPSA) is 19.4 Å². The van der Waals surface area contributed by atoms with Gasteiger partial charge in [-0.15, -0.1) is 0 Å². The molecule has 2 fully saturated rings. The van der Waals surface area contributed by atoms with E-state index in [1.807, 2.05) is 0 Å². The first-order chi connectivity index (χ1) is 43.6. The van der Waals surface area contributed by atoms with Crippen LogP contribution >= 0.6 is 0 Å². The number of hydrogen-bond acceptors (Lipinski definition) is 3. The summed E-state index contributed by atoms with van der Waals surface area (Å²) in [6.07, 6.45) is 12.7. The van der Waals surface area contributed by atoms with E-state index in [2.05, 4.69) is 299 Å². The first kappa shape index (κ1) is 60.4. The van der Waals surface area contributed by atoms with Crippen LogP contribution in [0.15, 0.2) is 206 Å². The zero-order valence-electron chi connectivity index (χ0n) is 56.3. The average Bonchev–Trinajstić information content (AvgIpc) is 0.747. The summed E-state index contributed by atoms with van der Waals surface area (Å²) in [5.41, 5.74) is 30.7. The van der Waals surface area contributed by atoms with Gasteiger partial charge in [-0.1, -0.05) is 255 Å². The highest BCUT2D eigenvalue weighted by Crippen LogP contribution is 2.50. The van der Waals surface area contributed by atoms with E-state index in [-0.39, 0.29) is 28.4 Å². The molecule has 4 aliphatic rings. The third-order valence-corrected chi connectivity index (χ3v) is 20.8. The third-order valence-electron chi connectivity index (χ3n) is 20.8. The fourth-order valence-corrected chi connectivity index (χ4v) is 15.3. The number of rotatable bonds is 9. The minimum atomic E-state index is -0.0808. The molecule has 2 aliphatic heterocycles.